The van der Waals surface area contributed by atoms with Crippen LogP contribution in [0.25, 0.3) is 11.3 Å². The fraction of sp³-hybridized carbons (Fsp3) is 0.537. The van der Waals surface area contributed by atoms with E-state index in [0.717, 1.165) is 118 Å². The minimum atomic E-state index is -0.280. The second-order valence-electron chi connectivity index (χ2n) is 16.6. The Balaban J connectivity index is 0.941. The number of aromatic nitrogens is 7. The van der Waals surface area contributed by atoms with E-state index in [-0.39, 0.29) is 23.6 Å². The third kappa shape index (κ3) is 8.20. The van der Waals surface area contributed by atoms with E-state index in [4.69, 9.17) is 9.84 Å². The van der Waals surface area contributed by atoms with Gasteiger partial charge in [0, 0.05) is 56.8 Å². The zero-order valence-corrected chi connectivity index (χ0v) is 33.0. The number of piperidine rings is 1. The molecule has 2 N–H and O–H groups in total. The Bertz CT molecular complexity index is 2090. The van der Waals surface area contributed by atoms with Gasteiger partial charge in [0.1, 0.15) is 23.4 Å². The summed E-state index contributed by atoms with van der Waals surface area (Å²) in [5.41, 5.74) is 4.43. The number of carbonyl (C=O) groups excluding carboxylic acids is 1. The Morgan fingerprint density at radius 1 is 0.927 bits per heavy atom. The van der Waals surface area contributed by atoms with Crippen LogP contribution in [0.15, 0.2) is 61.1 Å². The summed E-state index contributed by atoms with van der Waals surface area (Å²) in [5.74, 6) is 2.24. The van der Waals surface area contributed by atoms with Gasteiger partial charge < -0.3 is 24.8 Å². The molecule has 6 heterocycles. The van der Waals surface area contributed by atoms with Crippen LogP contribution in [-0.4, -0.2) is 102 Å². The maximum absolute atomic E-state index is 13.8. The van der Waals surface area contributed by atoms with E-state index in [1.807, 2.05) is 53.6 Å². The Morgan fingerprint density at radius 3 is 2.55 bits per heavy atom. The molecular weight excluding hydrogens is 693 g/mol. The lowest BCUT2D eigenvalue weighted by atomic mass is 9.85. The van der Waals surface area contributed by atoms with Crippen LogP contribution in [0.1, 0.15) is 95.2 Å². The summed E-state index contributed by atoms with van der Waals surface area (Å²) in [6, 6.07) is 14.1. The highest BCUT2D eigenvalue weighted by molar-refractivity contribution is 5.89. The number of fused-ring (bicyclic) bond motifs is 2. The van der Waals surface area contributed by atoms with Gasteiger partial charge in [0.25, 0.3) is 0 Å². The zero-order valence-electron chi connectivity index (χ0n) is 33.0. The van der Waals surface area contributed by atoms with Crippen molar-refractivity contribution in [2.24, 2.45) is 0 Å². The number of anilines is 2. The van der Waals surface area contributed by atoms with Crippen LogP contribution in [0, 0.1) is 0 Å². The maximum Gasteiger partial charge on any atom is 0.320 e. The van der Waals surface area contributed by atoms with Gasteiger partial charge in [-0.05, 0) is 82.3 Å². The van der Waals surface area contributed by atoms with Crippen molar-refractivity contribution >= 4 is 23.4 Å². The molecule has 0 saturated carbocycles. The maximum atomic E-state index is 13.8. The number of benzene rings is 1. The number of nitrogens with one attached hydrogen (secondary N) is 2. The summed E-state index contributed by atoms with van der Waals surface area (Å²) >= 11 is 0. The number of piperazine rings is 1. The van der Waals surface area contributed by atoms with Crippen molar-refractivity contribution in [3.63, 3.8) is 0 Å². The molecule has 8 rings (SSSR count). The van der Waals surface area contributed by atoms with E-state index < -0.39 is 0 Å². The van der Waals surface area contributed by atoms with Crippen molar-refractivity contribution < 1.29 is 9.53 Å². The van der Waals surface area contributed by atoms with Crippen LogP contribution in [-0.2, 0) is 12.0 Å². The molecule has 2 amide bonds. The van der Waals surface area contributed by atoms with E-state index in [1.165, 1.54) is 6.42 Å². The Morgan fingerprint density at radius 2 is 1.75 bits per heavy atom. The van der Waals surface area contributed by atoms with Gasteiger partial charge in [0.2, 0.25) is 5.95 Å². The fourth-order valence-electron chi connectivity index (χ4n) is 8.16. The molecule has 0 spiro atoms. The van der Waals surface area contributed by atoms with Crippen LogP contribution < -0.4 is 20.3 Å². The van der Waals surface area contributed by atoms with Gasteiger partial charge in [-0.15, -0.1) is 10.2 Å². The van der Waals surface area contributed by atoms with Crippen LogP contribution >= 0.6 is 0 Å². The minimum absolute atomic E-state index is 0.155. The van der Waals surface area contributed by atoms with E-state index in [2.05, 4.69) is 91.9 Å². The lowest BCUT2D eigenvalue weighted by molar-refractivity contribution is 0.151. The predicted octanol–water partition coefficient (Wildman–Crippen LogP) is 6.20. The highest BCUT2D eigenvalue weighted by Gasteiger charge is 2.31. The average Bonchev–Trinajstić information content (AvgIpc) is 3.92. The molecule has 14 heteroatoms. The van der Waals surface area contributed by atoms with E-state index >= 15 is 0 Å². The van der Waals surface area contributed by atoms with Gasteiger partial charge >= 0.3 is 6.03 Å². The molecular formula is C41H56N12O2. The first-order chi connectivity index (χ1) is 26.6. The summed E-state index contributed by atoms with van der Waals surface area (Å²) in [6.45, 7) is 16.0. The number of carbonyl (C=O) groups is 1. The van der Waals surface area contributed by atoms with Crippen molar-refractivity contribution in [3.05, 3.63) is 77.9 Å². The summed E-state index contributed by atoms with van der Waals surface area (Å²) in [5, 5.41) is 25.0. The van der Waals surface area contributed by atoms with E-state index in [0.29, 0.717) is 11.9 Å². The van der Waals surface area contributed by atoms with Gasteiger partial charge in [0.05, 0.1) is 30.3 Å². The summed E-state index contributed by atoms with van der Waals surface area (Å²) < 4.78 is 12.5. The largest absolute Gasteiger partial charge is 0.484 e. The lowest BCUT2D eigenvalue weighted by Crippen LogP contribution is -2.44. The number of amides is 2. The molecule has 0 bridgehead atoms. The SMILES string of the molecule is C[C@H]1CCCCN1c1nnc2ccc(O[C@@H]3CC[C@H](NC(=O)Nc4cc(C(C)(C)C)nn4-c4cnn(CCCN5CCN(C)CC5)c4)c4ccccc43)cn12. The first-order valence-electron chi connectivity index (χ1n) is 20.1. The molecule has 55 heavy (non-hydrogen) atoms. The number of likely N-dealkylation sites (N-methyl/N-ethyl adjacent to an activating group) is 1. The van der Waals surface area contributed by atoms with Crippen molar-refractivity contribution in [1.29, 1.82) is 0 Å². The molecule has 0 unspecified atom stereocenters. The number of hydrogen-bond donors (Lipinski definition) is 2. The number of pyridine rings is 1. The van der Waals surface area contributed by atoms with E-state index in [9.17, 15) is 4.79 Å². The molecule has 4 aromatic heterocycles. The minimum Gasteiger partial charge on any atom is -0.484 e. The first-order valence-corrected chi connectivity index (χ1v) is 20.1. The van der Waals surface area contributed by atoms with Crippen LogP contribution in [0.5, 0.6) is 5.75 Å². The Labute approximate surface area is 323 Å². The number of nitrogens with zero attached hydrogens (tertiary/aromatic N) is 10. The topological polar surface area (TPSA) is 126 Å². The standard InChI is InChI=1S/C41H56N12O2/c1-29-11-8-9-20-51(29)40-46-45-37-17-14-31(28-52(37)40)55-35-16-15-34(32-12-6-7-13-33(32)35)43-39(54)44-38-25-36(41(2,3)4)47-53(38)30-26-42-50(27-30)19-10-18-49-23-21-48(5)22-24-49/h6-7,12-14,17,25-29,34-35H,8-11,15-16,18-24H2,1-5H3,(H2,43,44,54)/t29-,34-,35+/m0/s1. The smallest absolute Gasteiger partial charge is 0.320 e. The van der Waals surface area contributed by atoms with Crippen LogP contribution in [0.4, 0.5) is 16.6 Å². The molecule has 0 radical (unpaired) electrons. The monoisotopic (exact) mass is 748 g/mol. The third-order valence-corrected chi connectivity index (χ3v) is 11.5. The van der Waals surface area contributed by atoms with Gasteiger partial charge in [-0.25, -0.2) is 9.48 Å². The van der Waals surface area contributed by atoms with Crippen molar-refractivity contribution in [3.8, 4) is 11.4 Å². The van der Waals surface area contributed by atoms with Crippen molar-refractivity contribution in [2.45, 2.75) is 96.4 Å². The zero-order chi connectivity index (χ0) is 38.1. The normalized spacial score (nSPS) is 21.1. The van der Waals surface area contributed by atoms with Crippen molar-refractivity contribution in [2.75, 3.05) is 56.5 Å². The number of ether oxygens (including phenoxy) is 1. The van der Waals surface area contributed by atoms with Crippen LogP contribution in [0.3, 0.4) is 0 Å². The average molecular weight is 749 g/mol. The first kappa shape index (κ1) is 37.0. The van der Waals surface area contributed by atoms with E-state index in [1.54, 1.807) is 4.68 Å². The van der Waals surface area contributed by atoms with Gasteiger partial charge in [-0.2, -0.15) is 10.2 Å². The van der Waals surface area contributed by atoms with Gasteiger partial charge in [-0.3, -0.25) is 14.4 Å². The molecule has 2 aliphatic heterocycles. The fourth-order valence-corrected chi connectivity index (χ4v) is 8.16. The molecule has 2 saturated heterocycles. The Kier molecular flexibility index (Phi) is 10.5. The van der Waals surface area contributed by atoms with Crippen LogP contribution in [0.2, 0.25) is 0 Å². The second kappa shape index (κ2) is 15.7. The molecule has 1 aromatic carbocycles. The van der Waals surface area contributed by atoms with Gasteiger partial charge in [-0.1, -0.05) is 45.0 Å². The summed E-state index contributed by atoms with van der Waals surface area (Å²) in [4.78, 5) is 21.0. The Hall–Kier alpha value is -4.95. The third-order valence-electron chi connectivity index (χ3n) is 11.5. The molecule has 14 nitrogen and oxygen atoms in total. The molecule has 1 aliphatic carbocycles. The molecule has 3 aliphatic rings. The second-order valence-corrected chi connectivity index (χ2v) is 16.6. The molecule has 3 atom stereocenters. The summed E-state index contributed by atoms with van der Waals surface area (Å²) in [6.07, 6.45) is 11.8. The number of urea groups is 1. The lowest BCUT2D eigenvalue weighted by Gasteiger charge is -2.33. The number of rotatable bonds is 10. The highest BCUT2D eigenvalue weighted by atomic mass is 16.5. The van der Waals surface area contributed by atoms with Crippen molar-refractivity contribution in [1.82, 2.24) is 49.3 Å². The quantitative estimate of drug-likeness (QED) is 0.172. The molecule has 5 aromatic rings. The molecule has 2 fully saturated rings. The number of hydrogen-bond acceptors (Lipinski definition) is 9. The predicted molar refractivity (Wildman–Crippen MR) is 214 cm³/mol. The highest BCUT2D eigenvalue weighted by Crippen LogP contribution is 2.39. The number of aryl methyl sites for hydroxylation is 1. The molecule has 292 valence electrons. The summed E-state index contributed by atoms with van der Waals surface area (Å²) in [7, 11) is 2.18. The van der Waals surface area contributed by atoms with Gasteiger partial charge in [0.15, 0.2) is 5.65 Å².